The van der Waals surface area contributed by atoms with Crippen LogP contribution in [-0.2, 0) is 6.42 Å². The number of aromatic nitrogens is 2. The molecule has 1 heterocycles. The van der Waals surface area contributed by atoms with Gasteiger partial charge in [-0.1, -0.05) is 36.6 Å². The number of alkyl halides is 3. The molecule has 0 saturated carbocycles. The van der Waals surface area contributed by atoms with E-state index in [2.05, 4.69) is 22.4 Å². The Balaban J connectivity index is 1.69. The molecule has 28 heavy (non-hydrogen) atoms. The maximum atomic E-state index is 12.5. The average molecular weight is 407 g/mol. The van der Waals surface area contributed by atoms with Crippen molar-refractivity contribution >= 4 is 23.7 Å². The van der Waals surface area contributed by atoms with Crippen LogP contribution < -0.4 is 5.32 Å². The third-order valence-corrected chi connectivity index (χ3v) is 4.44. The molecule has 0 aliphatic heterocycles. The molecule has 2 aromatic carbocycles. The van der Waals surface area contributed by atoms with Crippen LogP contribution in [0.2, 0.25) is 0 Å². The molecule has 1 N–H and O–H groups in total. The summed E-state index contributed by atoms with van der Waals surface area (Å²) in [6, 6.07) is 12.7. The smallest absolute Gasteiger partial charge is 0.403 e. The molecule has 3 rings (SSSR count). The van der Waals surface area contributed by atoms with Crippen LogP contribution in [0, 0.1) is 0 Å². The van der Waals surface area contributed by atoms with Crippen molar-refractivity contribution in [2.75, 3.05) is 5.32 Å². The topological polar surface area (TPSA) is 68.0 Å². The molecule has 0 aliphatic carbocycles. The molecule has 0 radical (unpaired) electrons. The summed E-state index contributed by atoms with van der Waals surface area (Å²) in [7, 11) is 0. The van der Waals surface area contributed by atoms with Crippen molar-refractivity contribution in [2.45, 2.75) is 30.2 Å². The van der Waals surface area contributed by atoms with Gasteiger partial charge in [-0.3, -0.25) is 10.1 Å². The maximum absolute atomic E-state index is 12.5. The van der Waals surface area contributed by atoms with Gasteiger partial charge in [-0.05, 0) is 54.1 Å². The SMILES string of the molecule is CCCc1ccc(-c2nnc(NC(=O)c3cccc(SC(F)(F)F)c3)o2)cc1. The molecular formula is C19H16F3N3O2S. The first kappa shape index (κ1) is 19.9. The predicted octanol–water partition coefficient (Wildman–Crippen LogP) is 5.55. The second-order valence-corrected chi connectivity index (χ2v) is 7.03. The van der Waals surface area contributed by atoms with Crippen LogP contribution in [-0.4, -0.2) is 21.6 Å². The minimum absolute atomic E-state index is 0.0536. The molecular weight excluding hydrogens is 391 g/mol. The van der Waals surface area contributed by atoms with Gasteiger partial charge in [0.15, 0.2) is 0 Å². The first-order valence-electron chi connectivity index (χ1n) is 8.44. The summed E-state index contributed by atoms with van der Waals surface area (Å²) < 4.78 is 42.9. The number of thioether (sulfide) groups is 1. The number of nitrogens with zero attached hydrogens (tertiary/aromatic N) is 2. The van der Waals surface area contributed by atoms with Gasteiger partial charge in [-0.25, -0.2) is 0 Å². The van der Waals surface area contributed by atoms with Crippen molar-refractivity contribution in [1.29, 1.82) is 0 Å². The normalized spacial score (nSPS) is 11.4. The van der Waals surface area contributed by atoms with Gasteiger partial charge in [-0.15, -0.1) is 5.10 Å². The number of hydrogen-bond acceptors (Lipinski definition) is 5. The number of carbonyl (C=O) groups is 1. The standard InChI is InChI=1S/C19H16F3N3O2S/c1-2-4-12-7-9-13(10-8-12)17-24-25-18(27-17)23-16(26)14-5-3-6-15(11-14)28-19(20,21)22/h3,5-11H,2,4H2,1H3,(H,23,25,26). The molecule has 0 saturated heterocycles. The largest absolute Gasteiger partial charge is 0.446 e. The molecule has 0 aliphatic rings. The first-order valence-corrected chi connectivity index (χ1v) is 9.25. The van der Waals surface area contributed by atoms with Crippen molar-refractivity contribution < 1.29 is 22.4 Å². The summed E-state index contributed by atoms with van der Waals surface area (Å²) in [5, 5.41) is 10.1. The van der Waals surface area contributed by atoms with E-state index < -0.39 is 11.4 Å². The number of aryl methyl sites for hydroxylation is 1. The van der Waals surface area contributed by atoms with E-state index in [1.54, 1.807) is 0 Å². The minimum atomic E-state index is -4.43. The Morgan fingerprint density at radius 1 is 1.14 bits per heavy atom. The van der Waals surface area contributed by atoms with Crippen molar-refractivity contribution in [1.82, 2.24) is 10.2 Å². The van der Waals surface area contributed by atoms with Gasteiger partial charge in [0.2, 0.25) is 5.89 Å². The van der Waals surface area contributed by atoms with E-state index in [-0.39, 0.29) is 34.1 Å². The predicted molar refractivity (Wildman–Crippen MR) is 100 cm³/mol. The van der Waals surface area contributed by atoms with Crippen molar-refractivity contribution in [3.8, 4) is 11.5 Å². The first-order chi connectivity index (χ1) is 13.3. The van der Waals surface area contributed by atoms with Crippen LogP contribution in [0.25, 0.3) is 11.5 Å². The Morgan fingerprint density at radius 3 is 2.57 bits per heavy atom. The summed E-state index contributed by atoms with van der Waals surface area (Å²) in [4.78, 5) is 12.2. The number of anilines is 1. The van der Waals surface area contributed by atoms with Crippen molar-refractivity contribution in [2.24, 2.45) is 0 Å². The molecule has 0 bridgehead atoms. The third kappa shape index (κ3) is 5.35. The Labute approximate surface area is 163 Å². The highest BCUT2D eigenvalue weighted by Crippen LogP contribution is 2.37. The number of carbonyl (C=O) groups excluding carboxylic acids is 1. The number of nitrogens with one attached hydrogen (secondary N) is 1. The fourth-order valence-electron chi connectivity index (χ4n) is 2.50. The monoisotopic (exact) mass is 407 g/mol. The number of hydrogen-bond donors (Lipinski definition) is 1. The quantitative estimate of drug-likeness (QED) is 0.543. The Kier molecular flexibility index (Phi) is 6.03. The van der Waals surface area contributed by atoms with Crippen LogP contribution >= 0.6 is 11.8 Å². The summed E-state index contributed by atoms with van der Waals surface area (Å²) in [6.07, 6.45) is 2.01. The summed E-state index contributed by atoms with van der Waals surface area (Å²) in [5.41, 5.74) is -2.48. The number of rotatable bonds is 6. The molecule has 5 nitrogen and oxygen atoms in total. The number of benzene rings is 2. The van der Waals surface area contributed by atoms with Gasteiger partial charge >= 0.3 is 11.5 Å². The van der Waals surface area contributed by atoms with Gasteiger partial charge in [0, 0.05) is 16.0 Å². The molecule has 0 fully saturated rings. The molecule has 3 aromatic rings. The van der Waals surface area contributed by atoms with E-state index in [0.717, 1.165) is 18.9 Å². The second-order valence-electron chi connectivity index (χ2n) is 5.89. The summed E-state index contributed by atoms with van der Waals surface area (Å²) in [6.45, 7) is 2.10. The molecule has 0 unspecified atom stereocenters. The van der Waals surface area contributed by atoms with Crippen LogP contribution in [0.15, 0.2) is 57.8 Å². The van der Waals surface area contributed by atoms with Crippen LogP contribution in [0.3, 0.4) is 0 Å². The molecule has 0 spiro atoms. The van der Waals surface area contributed by atoms with E-state index in [1.165, 1.54) is 23.8 Å². The van der Waals surface area contributed by atoms with Crippen LogP contribution in [0.5, 0.6) is 0 Å². The third-order valence-electron chi connectivity index (χ3n) is 3.71. The molecule has 0 atom stereocenters. The fourth-order valence-corrected chi connectivity index (χ4v) is 3.10. The lowest BCUT2D eigenvalue weighted by molar-refractivity contribution is -0.0328. The fraction of sp³-hybridized carbons (Fsp3) is 0.211. The second kappa shape index (κ2) is 8.47. The molecule has 1 aromatic heterocycles. The Morgan fingerprint density at radius 2 is 1.89 bits per heavy atom. The maximum Gasteiger partial charge on any atom is 0.446 e. The van der Waals surface area contributed by atoms with Crippen molar-refractivity contribution in [3.05, 3.63) is 59.7 Å². The van der Waals surface area contributed by atoms with Gasteiger partial charge in [0.25, 0.3) is 5.91 Å². The van der Waals surface area contributed by atoms with Gasteiger partial charge in [-0.2, -0.15) is 13.2 Å². The summed E-state index contributed by atoms with van der Waals surface area (Å²) >= 11 is -0.287. The Bertz CT molecular complexity index is 956. The lowest BCUT2D eigenvalue weighted by Gasteiger charge is -2.07. The van der Waals surface area contributed by atoms with Gasteiger partial charge < -0.3 is 4.42 Å². The zero-order valence-electron chi connectivity index (χ0n) is 14.8. The van der Waals surface area contributed by atoms with Gasteiger partial charge in [0.05, 0.1) is 0 Å². The zero-order chi connectivity index (χ0) is 20.1. The highest BCUT2D eigenvalue weighted by atomic mass is 32.2. The van der Waals surface area contributed by atoms with Crippen LogP contribution in [0.4, 0.5) is 19.2 Å². The molecule has 146 valence electrons. The molecule has 1 amide bonds. The summed E-state index contributed by atoms with van der Waals surface area (Å²) in [5.74, 6) is -0.405. The lowest BCUT2D eigenvalue weighted by atomic mass is 10.1. The van der Waals surface area contributed by atoms with E-state index >= 15 is 0 Å². The van der Waals surface area contributed by atoms with Crippen LogP contribution in [0.1, 0.15) is 29.3 Å². The van der Waals surface area contributed by atoms with Crippen molar-refractivity contribution in [3.63, 3.8) is 0 Å². The van der Waals surface area contributed by atoms with Gasteiger partial charge in [0.1, 0.15) is 0 Å². The molecule has 9 heteroatoms. The number of halogens is 3. The highest BCUT2D eigenvalue weighted by Gasteiger charge is 2.29. The van der Waals surface area contributed by atoms with E-state index in [4.69, 9.17) is 4.42 Å². The zero-order valence-corrected chi connectivity index (χ0v) is 15.6. The minimum Gasteiger partial charge on any atom is -0.403 e. The lowest BCUT2D eigenvalue weighted by Crippen LogP contribution is -2.12. The average Bonchev–Trinajstić information content (AvgIpc) is 3.10. The Hall–Kier alpha value is -2.81. The van der Waals surface area contributed by atoms with E-state index in [9.17, 15) is 18.0 Å². The highest BCUT2D eigenvalue weighted by molar-refractivity contribution is 8.00. The van der Waals surface area contributed by atoms with E-state index in [1.807, 2.05) is 24.3 Å². The number of amides is 1. The van der Waals surface area contributed by atoms with E-state index in [0.29, 0.717) is 5.56 Å².